The molecule has 1 heteroatoms. The SMILES string of the molecule is CCC[CH2][Sn]1([CH2]CCC)[CH]=CCC=[C]1C. The van der Waals surface area contributed by atoms with Gasteiger partial charge in [-0.1, -0.05) is 0 Å². The van der Waals surface area contributed by atoms with E-state index in [-0.39, 0.29) is 0 Å². The molecule has 1 heterocycles. The van der Waals surface area contributed by atoms with E-state index in [4.69, 9.17) is 0 Å². The van der Waals surface area contributed by atoms with Crippen molar-refractivity contribution in [2.24, 2.45) is 0 Å². The molecule has 0 radical (unpaired) electrons. The number of hydrogen-bond acceptors (Lipinski definition) is 0. The first-order valence-electron chi connectivity index (χ1n) is 6.60. The van der Waals surface area contributed by atoms with E-state index < -0.39 is 18.4 Å². The predicted molar refractivity (Wildman–Crippen MR) is 72.7 cm³/mol. The second-order valence-electron chi connectivity index (χ2n) is 4.89. The van der Waals surface area contributed by atoms with Crippen LogP contribution < -0.4 is 0 Å². The summed E-state index contributed by atoms with van der Waals surface area (Å²) in [6, 6.07) is 0. The first-order valence-corrected chi connectivity index (χ1v) is 13.7. The van der Waals surface area contributed by atoms with Crippen molar-refractivity contribution >= 4 is 18.4 Å². The molecule has 0 aliphatic carbocycles. The van der Waals surface area contributed by atoms with Gasteiger partial charge in [-0.05, 0) is 0 Å². The third kappa shape index (κ3) is 3.65. The summed E-state index contributed by atoms with van der Waals surface area (Å²) < 4.78 is 7.65. The van der Waals surface area contributed by atoms with E-state index in [0.29, 0.717) is 0 Å². The van der Waals surface area contributed by atoms with E-state index in [2.05, 4.69) is 37.0 Å². The van der Waals surface area contributed by atoms with Gasteiger partial charge in [-0.2, -0.15) is 0 Å². The monoisotopic (exact) mass is 314 g/mol. The van der Waals surface area contributed by atoms with E-state index in [9.17, 15) is 0 Å². The van der Waals surface area contributed by atoms with Crippen molar-refractivity contribution < 1.29 is 0 Å². The molecule has 0 amide bonds. The molecule has 0 unspecified atom stereocenters. The maximum absolute atomic E-state index is 2.70. The Labute approximate surface area is 99.7 Å². The van der Waals surface area contributed by atoms with E-state index in [0.717, 1.165) is 0 Å². The minimum atomic E-state index is -1.95. The number of allylic oxidation sites excluding steroid dienone is 3. The van der Waals surface area contributed by atoms with Crippen LogP contribution in [0.1, 0.15) is 52.9 Å². The van der Waals surface area contributed by atoms with Crippen molar-refractivity contribution in [2.75, 3.05) is 0 Å². The van der Waals surface area contributed by atoms with Gasteiger partial charge in [0.05, 0.1) is 0 Å². The van der Waals surface area contributed by atoms with Crippen molar-refractivity contribution in [3.63, 3.8) is 0 Å². The molecule has 0 fully saturated rings. The van der Waals surface area contributed by atoms with Crippen LogP contribution in [0.5, 0.6) is 0 Å². The maximum atomic E-state index is 2.70. The van der Waals surface area contributed by atoms with Gasteiger partial charge in [-0.25, -0.2) is 0 Å². The van der Waals surface area contributed by atoms with Crippen LogP contribution in [-0.2, 0) is 0 Å². The minimum absolute atomic E-state index is 1.20. The fourth-order valence-electron chi connectivity index (χ4n) is 2.54. The molecule has 0 aromatic rings. The Balaban J connectivity index is 2.69. The van der Waals surface area contributed by atoms with E-state index >= 15 is 0 Å². The number of rotatable bonds is 6. The van der Waals surface area contributed by atoms with Crippen molar-refractivity contribution in [3.8, 4) is 0 Å². The van der Waals surface area contributed by atoms with Gasteiger partial charge in [-0.3, -0.25) is 0 Å². The van der Waals surface area contributed by atoms with Gasteiger partial charge >= 0.3 is 100.0 Å². The van der Waals surface area contributed by atoms with Crippen LogP contribution in [0.4, 0.5) is 0 Å². The number of hydrogen-bond donors (Lipinski definition) is 0. The zero-order valence-electron chi connectivity index (χ0n) is 10.7. The molecule has 86 valence electrons. The molecule has 0 spiro atoms. The van der Waals surface area contributed by atoms with E-state index in [1.165, 1.54) is 32.1 Å². The van der Waals surface area contributed by atoms with Gasteiger partial charge in [0.15, 0.2) is 0 Å². The van der Waals surface area contributed by atoms with Gasteiger partial charge in [0.2, 0.25) is 0 Å². The quantitative estimate of drug-likeness (QED) is 0.604. The third-order valence-corrected chi connectivity index (χ3v) is 18.4. The average molecular weight is 313 g/mol. The summed E-state index contributed by atoms with van der Waals surface area (Å²) >= 11 is -1.95. The summed E-state index contributed by atoms with van der Waals surface area (Å²) in [6.07, 6.45) is 11.8. The van der Waals surface area contributed by atoms with Gasteiger partial charge in [0.25, 0.3) is 0 Å². The van der Waals surface area contributed by atoms with Crippen LogP contribution >= 0.6 is 0 Å². The second kappa shape index (κ2) is 6.77. The molecule has 0 bridgehead atoms. The first-order chi connectivity index (χ1) is 7.25. The van der Waals surface area contributed by atoms with Gasteiger partial charge in [0, 0.05) is 0 Å². The normalized spacial score (nSPS) is 19.0. The fraction of sp³-hybridized carbons (Fsp3) is 0.714. The Morgan fingerprint density at radius 1 is 1.13 bits per heavy atom. The Morgan fingerprint density at radius 2 is 1.73 bits per heavy atom. The zero-order valence-corrected chi connectivity index (χ0v) is 13.5. The third-order valence-electron chi connectivity index (χ3n) is 3.74. The summed E-state index contributed by atoms with van der Waals surface area (Å²) in [4.78, 5) is 0. The summed E-state index contributed by atoms with van der Waals surface area (Å²) in [5.74, 6) is 0. The molecule has 0 saturated heterocycles. The van der Waals surface area contributed by atoms with Gasteiger partial charge in [0.1, 0.15) is 0 Å². The molecule has 1 aliphatic rings. The van der Waals surface area contributed by atoms with Crippen LogP contribution in [-0.4, -0.2) is 18.4 Å². The number of unbranched alkanes of at least 4 members (excludes halogenated alkanes) is 2. The molecule has 0 nitrogen and oxygen atoms in total. The van der Waals surface area contributed by atoms with Gasteiger partial charge in [-0.15, -0.1) is 0 Å². The Morgan fingerprint density at radius 3 is 2.20 bits per heavy atom. The van der Waals surface area contributed by atoms with Crippen molar-refractivity contribution in [3.05, 3.63) is 19.8 Å². The van der Waals surface area contributed by atoms with Crippen molar-refractivity contribution in [2.45, 2.75) is 61.7 Å². The molecule has 1 rings (SSSR count). The van der Waals surface area contributed by atoms with E-state index in [1.807, 2.05) is 3.59 Å². The fourth-order valence-corrected chi connectivity index (χ4v) is 16.0. The summed E-state index contributed by atoms with van der Waals surface area (Å²) in [5, 5.41) is 0. The van der Waals surface area contributed by atoms with Crippen LogP contribution in [0.15, 0.2) is 19.8 Å². The van der Waals surface area contributed by atoms with Crippen LogP contribution in [0, 0.1) is 0 Å². The second-order valence-corrected chi connectivity index (χ2v) is 17.5. The topological polar surface area (TPSA) is 0 Å². The molecule has 0 N–H and O–H groups in total. The molecule has 0 atom stereocenters. The van der Waals surface area contributed by atoms with Crippen molar-refractivity contribution in [1.82, 2.24) is 0 Å². The van der Waals surface area contributed by atoms with Crippen LogP contribution in [0.2, 0.25) is 8.87 Å². The summed E-state index contributed by atoms with van der Waals surface area (Å²) in [6.45, 7) is 7.07. The molecule has 15 heavy (non-hydrogen) atoms. The summed E-state index contributed by atoms with van der Waals surface area (Å²) in [5.41, 5.74) is 0. The van der Waals surface area contributed by atoms with E-state index in [1.54, 1.807) is 8.87 Å². The molecule has 0 saturated carbocycles. The molecular weight excluding hydrogens is 287 g/mol. The predicted octanol–water partition coefficient (Wildman–Crippen LogP) is 5.02. The average Bonchev–Trinajstić information content (AvgIpc) is 2.27. The van der Waals surface area contributed by atoms with Crippen LogP contribution in [0.3, 0.4) is 0 Å². The Kier molecular flexibility index (Phi) is 6.03. The first kappa shape index (κ1) is 13.3. The Hall–Kier alpha value is 0.279. The van der Waals surface area contributed by atoms with Crippen LogP contribution in [0.25, 0.3) is 0 Å². The molecular formula is C14H26Sn. The molecule has 1 aliphatic heterocycles. The van der Waals surface area contributed by atoms with Crippen molar-refractivity contribution in [1.29, 1.82) is 0 Å². The molecule has 0 aromatic carbocycles. The summed E-state index contributed by atoms with van der Waals surface area (Å²) in [7, 11) is 0. The molecule has 0 aromatic heterocycles. The van der Waals surface area contributed by atoms with Gasteiger partial charge < -0.3 is 0 Å². The zero-order chi connectivity index (χ0) is 11.1. The standard InChI is InChI=1S/C6H8.2C4H9.Sn/c1-3-5-6-4-2;2*1-3-4-2;/h1,3,6H,5H2,2H3;2*1,3-4H2,2H3;. The Bertz CT molecular complexity index is 230.